The van der Waals surface area contributed by atoms with Crippen molar-refractivity contribution in [3.8, 4) is 6.01 Å². The molecule has 106 valence electrons. The van der Waals surface area contributed by atoms with Gasteiger partial charge in [0.15, 0.2) is 5.16 Å². The Hall–Kier alpha value is -1.08. The van der Waals surface area contributed by atoms with E-state index in [1.54, 1.807) is 11.8 Å². The number of nitrogens with one attached hydrogen (secondary N) is 1. The number of ether oxygens (including phenoxy) is 2. The normalized spacial score (nSPS) is 16.3. The van der Waals surface area contributed by atoms with Crippen molar-refractivity contribution in [2.75, 3.05) is 31.7 Å². The van der Waals surface area contributed by atoms with E-state index in [1.165, 1.54) is 0 Å². The number of anilines is 1. The van der Waals surface area contributed by atoms with Gasteiger partial charge >= 0.3 is 6.01 Å². The highest BCUT2D eigenvalue weighted by Gasteiger charge is 2.18. The quantitative estimate of drug-likeness (QED) is 0.856. The van der Waals surface area contributed by atoms with Gasteiger partial charge in [-0.25, -0.2) is 0 Å². The van der Waals surface area contributed by atoms with Gasteiger partial charge < -0.3 is 14.8 Å². The van der Waals surface area contributed by atoms with Gasteiger partial charge in [-0.2, -0.15) is 15.0 Å². The minimum Gasteiger partial charge on any atom is -0.464 e. The molecule has 1 aliphatic rings. The lowest BCUT2D eigenvalue weighted by Crippen LogP contribution is -2.18. The summed E-state index contributed by atoms with van der Waals surface area (Å²) in [4.78, 5) is 13.0. The molecule has 1 N–H and O–H groups in total. The zero-order valence-electron chi connectivity index (χ0n) is 11.4. The fourth-order valence-corrected chi connectivity index (χ4v) is 2.76. The Balaban J connectivity index is 2.08. The second-order valence-electron chi connectivity index (χ2n) is 4.12. The van der Waals surface area contributed by atoms with Crippen molar-refractivity contribution in [1.82, 2.24) is 15.0 Å². The summed E-state index contributed by atoms with van der Waals surface area (Å²) in [7, 11) is 0. The fourth-order valence-electron chi connectivity index (χ4n) is 1.76. The van der Waals surface area contributed by atoms with E-state index < -0.39 is 0 Å². The van der Waals surface area contributed by atoms with E-state index in [9.17, 15) is 0 Å². The average molecular weight is 284 g/mol. The molecule has 1 aromatic heterocycles. The largest absolute Gasteiger partial charge is 0.464 e. The molecule has 0 unspecified atom stereocenters. The molecule has 0 radical (unpaired) electrons. The molecule has 19 heavy (non-hydrogen) atoms. The second kappa shape index (κ2) is 7.49. The van der Waals surface area contributed by atoms with Crippen LogP contribution in [0.4, 0.5) is 5.95 Å². The molecule has 2 rings (SSSR count). The van der Waals surface area contributed by atoms with Gasteiger partial charge in [-0.3, -0.25) is 0 Å². The molecule has 1 aromatic rings. The third kappa shape index (κ3) is 4.50. The van der Waals surface area contributed by atoms with Crippen LogP contribution in [0.1, 0.15) is 26.7 Å². The SMILES string of the molecule is CCNc1nc(OCC)nc(SC2CCOCC2)n1. The highest BCUT2D eigenvalue weighted by Crippen LogP contribution is 2.28. The van der Waals surface area contributed by atoms with E-state index in [-0.39, 0.29) is 0 Å². The van der Waals surface area contributed by atoms with Crippen LogP contribution in [0.2, 0.25) is 0 Å². The zero-order chi connectivity index (χ0) is 13.5. The predicted molar refractivity (Wildman–Crippen MR) is 74.9 cm³/mol. The van der Waals surface area contributed by atoms with Crippen molar-refractivity contribution in [3.63, 3.8) is 0 Å². The summed E-state index contributed by atoms with van der Waals surface area (Å²) >= 11 is 1.68. The van der Waals surface area contributed by atoms with Crippen LogP contribution in [0.3, 0.4) is 0 Å². The number of thioether (sulfide) groups is 1. The van der Waals surface area contributed by atoms with Crippen LogP contribution >= 0.6 is 11.8 Å². The third-order valence-corrected chi connectivity index (χ3v) is 3.84. The molecule has 7 heteroatoms. The Labute approximate surface area is 117 Å². The van der Waals surface area contributed by atoms with Crippen molar-refractivity contribution in [2.45, 2.75) is 37.1 Å². The molecule has 2 heterocycles. The topological polar surface area (TPSA) is 69.2 Å². The minimum atomic E-state index is 0.392. The zero-order valence-corrected chi connectivity index (χ0v) is 12.2. The monoisotopic (exact) mass is 284 g/mol. The Morgan fingerprint density at radius 3 is 2.74 bits per heavy atom. The molecule has 0 saturated carbocycles. The van der Waals surface area contributed by atoms with Crippen molar-refractivity contribution in [3.05, 3.63) is 0 Å². The summed E-state index contributed by atoms with van der Waals surface area (Å²) in [5.41, 5.74) is 0. The summed E-state index contributed by atoms with van der Waals surface area (Å²) < 4.78 is 10.7. The molecule has 0 amide bonds. The maximum absolute atomic E-state index is 5.38. The number of aromatic nitrogens is 3. The van der Waals surface area contributed by atoms with Gasteiger partial charge in [0.1, 0.15) is 0 Å². The molecule has 1 saturated heterocycles. The van der Waals surface area contributed by atoms with Crippen LogP contribution in [-0.2, 0) is 4.74 Å². The average Bonchev–Trinajstić information content (AvgIpc) is 2.40. The third-order valence-electron chi connectivity index (χ3n) is 2.64. The van der Waals surface area contributed by atoms with Crippen LogP contribution in [0.15, 0.2) is 5.16 Å². The maximum atomic E-state index is 5.38. The Bertz CT molecular complexity index is 375. The molecule has 0 aromatic carbocycles. The highest BCUT2D eigenvalue weighted by molar-refractivity contribution is 7.99. The Morgan fingerprint density at radius 1 is 1.26 bits per heavy atom. The van der Waals surface area contributed by atoms with Crippen LogP contribution in [0, 0.1) is 0 Å². The molecule has 0 spiro atoms. The van der Waals surface area contributed by atoms with E-state index in [2.05, 4.69) is 20.3 Å². The second-order valence-corrected chi connectivity index (χ2v) is 5.38. The summed E-state index contributed by atoms with van der Waals surface area (Å²) in [5.74, 6) is 0.579. The summed E-state index contributed by atoms with van der Waals surface area (Å²) in [5, 5.41) is 4.34. The minimum absolute atomic E-state index is 0.392. The van der Waals surface area contributed by atoms with Gasteiger partial charge in [0, 0.05) is 25.0 Å². The maximum Gasteiger partial charge on any atom is 0.322 e. The number of hydrogen-bond donors (Lipinski definition) is 1. The lowest BCUT2D eigenvalue weighted by atomic mass is 10.2. The fraction of sp³-hybridized carbons (Fsp3) is 0.750. The van der Waals surface area contributed by atoms with E-state index in [4.69, 9.17) is 9.47 Å². The highest BCUT2D eigenvalue weighted by atomic mass is 32.2. The van der Waals surface area contributed by atoms with Gasteiger partial charge in [-0.15, -0.1) is 0 Å². The van der Waals surface area contributed by atoms with Crippen molar-refractivity contribution < 1.29 is 9.47 Å². The van der Waals surface area contributed by atoms with Crippen LogP contribution in [0.5, 0.6) is 6.01 Å². The van der Waals surface area contributed by atoms with Crippen molar-refractivity contribution >= 4 is 17.7 Å². The van der Waals surface area contributed by atoms with E-state index in [0.717, 1.165) is 37.8 Å². The van der Waals surface area contributed by atoms with Gasteiger partial charge in [-0.1, -0.05) is 11.8 Å². The van der Waals surface area contributed by atoms with Crippen molar-refractivity contribution in [2.24, 2.45) is 0 Å². The first-order chi connectivity index (χ1) is 9.31. The van der Waals surface area contributed by atoms with E-state index >= 15 is 0 Å². The van der Waals surface area contributed by atoms with Crippen LogP contribution in [-0.4, -0.2) is 46.6 Å². The molecule has 1 fully saturated rings. The van der Waals surface area contributed by atoms with Gasteiger partial charge in [-0.05, 0) is 26.7 Å². The van der Waals surface area contributed by atoms with Gasteiger partial charge in [0.05, 0.1) is 6.61 Å². The standard InChI is InChI=1S/C12H20N4O2S/c1-3-13-10-14-11(18-4-2)16-12(15-10)19-9-5-7-17-8-6-9/h9H,3-8H2,1-2H3,(H,13,14,15,16). The van der Waals surface area contributed by atoms with Gasteiger partial charge in [0.25, 0.3) is 0 Å². The molecule has 6 nitrogen and oxygen atoms in total. The smallest absolute Gasteiger partial charge is 0.322 e. The summed E-state index contributed by atoms with van der Waals surface area (Å²) in [6.45, 7) is 6.90. The van der Waals surface area contributed by atoms with Crippen molar-refractivity contribution in [1.29, 1.82) is 0 Å². The van der Waals surface area contributed by atoms with E-state index in [1.807, 2.05) is 13.8 Å². The van der Waals surface area contributed by atoms with Gasteiger partial charge in [0.2, 0.25) is 5.95 Å². The Kier molecular flexibility index (Phi) is 5.65. The summed E-state index contributed by atoms with van der Waals surface area (Å²) in [6.07, 6.45) is 2.08. The molecule has 1 aliphatic heterocycles. The molecule has 0 atom stereocenters. The number of rotatable bonds is 6. The van der Waals surface area contributed by atoms with Crippen LogP contribution < -0.4 is 10.1 Å². The summed E-state index contributed by atoms with van der Waals surface area (Å²) in [6, 6.07) is 0.392. The number of nitrogens with zero attached hydrogens (tertiary/aromatic N) is 3. The van der Waals surface area contributed by atoms with Crippen LogP contribution in [0.25, 0.3) is 0 Å². The predicted octanol–water partition coefficient (Wildman–Crippen LogP) is 1.97. The first kappa shape index (κ1) is 14.3. The molecule has 0 bridgehead atoms. The van der Waals surface area contributed by atoms with E-state index in [0.29, 0.717) is 23.8 Å². The first-order valence-corrected chi connectivity index (χ1v) is 7.57. The molecule has 0 aliphatic carbocycles. The Morgan fingerprint density at radius 2 is 2.05 bits per heavy atom. The molecular formula is C12H20N4O2S. The lowest BCUT2D eigenvalue weighted by Gasteiger charge is -2.20. The molecular weight excluding hydrogens is 264 g/mol. The lowest BCUT2D eigenvalue weighted by molar-refractivity contribution is 0.1000. The number of hydrogen-bond acceptors (Lipinski definition) is 7. The first-order valence-electron chi connectivity index (χ1n) is 6.69.